The number of aromatic nitrogens is 3. The van der Waals surface area contributed by atoms with Crippen molar-refractivity contribution < 1.29 is 19.1 Å². The SMILES string of the molecule is COC(=O)[C@H](Cc1c[nH]c2ccccc12)NC(=O)Cc1cccc(NC(=O)c2cn(-c3ccccc3)nc2-c2ccc(Cl)s2)c1. The van der Waals surface area contributed by atoms with Crippen LogP contribution in [-0.4, -0.2) is 45.7 Å². The smallest absolute Gasteiger partial charge is 0.328 e. The molecule has 226 valence electrons. The molecule has 0 aliphatic heterocycles. The minimum absolute atomic E-state index is 0.00399. The van der Waals surface area contributed by atoms with Crippen LogP contribution in [0.15, 0.2) is 103 Å². The summed E-state index contributed by atoms with van der Waals surface area (Å²) in [5, 5.41) is 11.4. The Morgan fingerprint density at radius 2 is 1.80 bits per heavy atom. The third-order valence-corrected chi connectivity index (χ3v) is 8.49. The van der Waals surface area contributed by atoms with Crippen molar-refractivity contribution in [3.05, 3.63) is 124 Å². The summed E-state index contributed by atoms with van der Waals surface area (Å²) in [7, 11) is 1.30. The Morgan fingerprint density at radius 1 is 1.00 bits per heavy atom. The number of para-hydroxylation sites is 2. The second kappa shape index (κ2) is 13.2. The third kappa shape index (κ3) is 6.82. The number of aromatic amines is 1. The van der Waals surface area contributed by atoms with Gasteiger partial charge in [-0.05, 0) is 53.6 Å². The molecule has 6 rings (SSSR count). The second-order valence-corrected chi connectivity index (χ2v) is 12.0. The Labute approximate surface area is 267 Å². The average molecular weight is 638 g/mol. The van der Waals surface area contributed by atoms with E-state index in [2.05, 4.69) is 15.6 Å². The fourth-order valence-corrected chi connectivity index (χ4v) is 6.16. The van der Waals surface area contributed by atoms with Crippen LogP contribution in [0.4, 0.5) is 5.69 Å². The zero-order valence-corrected chi connectivity index (χ0v) is 25.7. The van der Waals surface area contributed by atoms with Gasteiger partial charge in [-0.25, -0.2) is 9.48 Å². The van der Waals surface area contributed by atoms with E-state index in [-0.39, 0.29) is 24.7 Å². The normalized spacial score (nSPS) is 11.7. The number of carbonyl (C=O) groups excluding carboxylic acids is 3. The number of halogens is 1. The Kier molecular flexibility index (Phi) is 8.77. The summed E-state index contributed by atoms with van der Waals surface area (Å²) in [5.74, 6) is -1.24. The predicted octanol–water partition coefficient (Wildman–Crippen LogP) is 6.43. The predicted molar refractivity (Wildman–Crippen MR) is 176 cm³/mol. The van der Waals surface area contributed by atoms with Crippen LogP contribution >= 0.6 is 22.9 Å². The highest BCUT2D eigenvalue weighted by molar-refractivity contribution is 7.19. The number of rotatable bonds is 10. The van der Waals surface area contributed by atoms with Gasteiger partial charge in [0, 0.05) is 35.4 Å². The molecule has 3 N–H and O–H groups in total. The van der Waals surface area contributed by atoms with Gasteiger partial charge in [0.2, 0.25) is 5.91 Å². The average Bonchev–Trinajstić information content (AvgIpc) is 3.79. The topological polar surface area (TPSA) is 118 Å². The molecule has 0 unspecified atom stereocenters. The first kappa shape index (κ1) is 29.9. The Bertz CT molecular complexity index is 2000. The lowest BCUT2D eigenvalue weighted by atomic mass is 10.0. The molecule has 0 radical (unpaired) electrons. The second-order valence-electron chi connectivity index (χ2n) is 10.3. The van der Waals surface area contributed by atoms with Gasteiger partial charge < -0.3 is 20.4 Å². The summed E-state index contributed by atoms with van der Waals surface area (Å²) >= 11 is 7.53. The number of esters is 1. The first-order valence-corrected chi connectivity index (χ1v) is 15.3. The number of benzene rings is 3. The van der Waals surface area contributed by atoms with Gasteiger partial charge in [0.1, 0.15) is 11.7 Å². The molecule has 0 aliphatic carbocycles. The Balaban J connectivity index is 1.17. The summed E-state index contributed by atoms with van der Waals surface area (Å²) in [6.45, 7) is 0. The van der Waals surface area contributed by atoms with E-state index in [4.69, 9.17) is 21.4 Å². The maximum absolute atomic E-state index is 13.6. The highest BCUT2D eigenvalue weighted by Crippen LogP contribution is 2.33. The van der Waals surface area contributed by atoms with Crippen molar-refractivity contribution in [2.45, 2.75) is 18.9 Å². The molecule has 0 aliphatic rings. The van der Waals surface area contributed by atoms with Crippen LogP contribution in [0.3, 0.4) is 0 Å². The molecule has 0 fully saturated rings. The minimum Gasteiger partial charge on any atom is -0.467 e. The molecule has 0 saturated carbocycles. The standard InChI is InChI=1S/C34H28ClN5O4S/c1-44-34(43)28(18-22-19-36-27-13-6-5-12-25(22)27)38-31(41)17-21-8-7-9-23(16-21)37-33(42)26-20-40(24-10-3-2-4-11-24)39-32(26)29-14-15-30(35)45-29/h2-16,19-20,28,36H,17-18H2,1H3,(H,37,42)(H,38,41)/t28-/m0/s1. The number of H-pyrrole nitrogens is 1. The molecule has 6 aromatic rings. The highest BCUT2D eigenvalue weighted by Gasteiger charge is 2.24. The maximum Gasteiger partial charge on any atom is 0.328 e. The van der Waals surface area contributed by atoms with Gasteiger partial charge >= 0.3 is 5.97 Å². The molecule has 3 aromatic heterocycles. The van der Waals surface area contributed by atoms with E-state index in [1.54, 1.807) is 41.2 Å². The molecular weight excluding hydrogens is 610 g/mol. The van der Waals surface area contributed by atoms with Crippen molar-refractivity contribution in [2.24, 2.45) is 0 Å². The number of anilines is 1. The zero-order valence-electron chi connectivity index (χ0n) is 24.1. The first-order valence-electron chi connectivity index (χ1n) is 14.1. The van der Waals surface area contributed by atoms with E-state index in [0.717, 1.165) is 27.0 Å². The van der Waals surface area contributed by atoms with Crippen molar-refractivity contribution in [2.75, 3.05) is 12.4 Å². The van der Waals surface area contributed by atoms with E-state index in [0.29, 0.717) is 26.8 Å². The van der Waals surface area contributed by atoms with Gasteiger partial charge in [-0.1, -0.05) is 60.1 Å². The van der Waals surface area contributed by atoms with E-state index in [1.165, 1.54) is 18.4 Å². The monoisotopic (exact) mass is 637 g/mol. The first-order chi connectivity index (χ1) is 21.9. The number of nitrogens with one attached hydrogen (secondary N) is 3. The molecule has 0 bridgehead atoms. The number of thiophene rings is 1. The minimum atomic E-state index is -0.866. The van der Waals surface area contributed by atoms with Crippen LogP contribution in [-0.2, 0) is 27.2 Å². The molecule has 0 spiro atoms. The number of methoxy groups -OCH3 is 1. The van der Waals surface area contributed by atoms with Crippen LogP contribution < -0.4 is 10.6 Å². The number of carbonyl (C=O) groups is 3. The van der Waals surface area contributed by atoms with Gasteiger partial charge in [-0.3, -0.25) is 9.59 Å². The summed E-state index contributed by atoms with van der Waals surface area (Å²) < 4.78 is 7.23. The molecule has 45 heavy (non-hydrogen) atoms. The van der Waals surface area contributed by atoms with E-state index in [1.807, 2.05) is 66.9 Å². The van der Waals surface area contributed by atoms with Crippen molar-refractivity contribution in [3.8, 4) is 16.3 Å². The number of amides is 2. The van der Waals surface area contributed by atoms with Gasteiger partial charge in [0.05, 0.1) is 34.0 Å². The van der Waals surface area contributed by atoms with Crippen molar-refractivity contribution in [1.82, 2.24) is 20.1 Å². The number of fused-ring (bicyclic) bond motifs is 1. The fourth-order valence-electron chi connectivity index (χ4n) is 5.12. The van der Waals surface area contributed by atoms with E-state index < -0.39 is 12.0 Å². The fraction of sp³-hybridized carbons (Fsp3) is 0.118. The summed E-state index contributed by atoms with van der Waals surface area (Å²) in [6, 6.07) is 27.0. The number of ether oxygens (including phenoxy) is 1. The molecule has 1 atom stereocenters. The van der Waals surface area contributed by atoms with Crippen LogP contribution in [0, 0.1) is 0 Å². The number of hydrogen-bond donors (Lipinski definition) is 3. The molecule has 9 nitrogen and oxygen atoms in total. The van der Waals surface area contributed by atoms with Crippen molar-refractivity contribution in [3.63, 3.8) is 0 Å². The van der Waals surface area contributed by atoms with Crippen LogP contribution in [0.1, 0.15) is 21.5 Å². The van der Waals surface area contributed by atoms with Gasteiger partial charge in [-0.2, -0.15) is 5.10 Å². The number of hydrogen-bond acceptors (Lipinski definition) is 6. The molecule has 0 saturated heterocycles. The maximum atomic E-state index is 13.6. The molecule has 3 aromatic carbocycles. The lowest BCUT2D eigenvalue weighted by Crippen LogP contribution is -2.43. The quantitative estimate of drug-likeness (QED) is 0.150. The number of nitrogens with zero attached hydrogens (tertiary/aromatic N) is 2. The van der Waals surface area contributed by atoms with Gasteiger partial charge in [0.25, 0.3) is 5.91 Å². The highest BCUT2D eigenvalue weighted by atomic mass is 35.5. The van der Waals surface area contributed by atoms with Crippen molar-refractivity contribution >= 4 is 57.3 Å². The third-order valence-electron chi connectivity index (χ3n) is 7.26. The lowest BCUT2D eigenvalue weighted by molar-refractivity contribution is -0.145. The zero-order chi connectivity index (χ0) is 31.3. The van der Waals surface area contributed by atoms with Crippen LogP contribution in [0.2, 0.25) is 4.34 Å². The molecule has 3 heterocycles. The lowest BCUT2D eigenvalue weighted by Gasteiger charge is -2.16. The van der Waals surface area contributed by atoms with Gasteiger partial charge in [0.15, 0.2) is 0 Å². The summed E-state index contributed by atoms with van der Waals surface area (Å²) in [6.07, 6.45) is 3.79. The van der Waals surface area contributed by atoms with Gasteiger partial charge in [-0.15, -0.1) is 11.3 Å². The molecular formula is C34H28ClN5O4S. The van der Waals surface area contributed by atoms with E-state index >= 15 is 0 Å². The molecule has 2 amide bonds. The Morgan fingerprint density at radius 3 is 2.58 bits per heavy atom. The van der Waals surface area contributed by atoms with Crippen LogP contribution in [0.5, 0.6) is 0 Å². The Hall–Kier alpha value is -5.19. The van der Waals surface area contributed by atoms with Crippen LogP contribution in [0.25, 0.3) is 27.2 Å². The van der Waals surface area contributed by atoms with E-state index in [9.17, 15) is 14.4 Å². The summed E-state index contributed by atoms with van der Waals surface area (Å²) in [5.41, 5.74) is 4.70. The largest absolute Gasteiger partial charge is 0.467 e. The molecule has 11 heteroatoms. The summed E-state index contributed by atoms with van der Waals surface area (Å²) in [4.78, 5) is 43.2. The van der Waals surface area contributed by atoms with Crippen molar-refractivity contribution in [1.29, 1.82) is 0 Å².